The van der Waals surface area contributed by atoms with Crippen LogP contribution in [-0.4, -0.2) is 16.3 Å². The Balaban J connectivity index is 2.54. The third-order valence-corrected chi connectivity index (χ3v) is 3.92. The lowest BCUT2D eigenvalue weighted by molar-refractivity contribution is 0.809. The van der Waals surface area contributed by atoms with Crippen molar-refractivity contribution < 1.29 is 0 Å². The van der Waals surface area contributed by atoms with Crippen molar-refractivity contribution in [1.29, 1.82) is 0 Å². The van der Waals surface area contributed by atoms with Crippen molar-refractivity contribution >= 4 is 0 Å². The van der Waals surface area contributed by atoms with E-state index in [9.17, 15) is 0 Å². The molecule has 1 aromatic heterocycles. The van der Waals surface area contributed by atoms with Crippen molar-refractivity contribution in [2.24, 2.45) is 5.73 Å². The van der Waals surface area contributed by atoms with Gasteiger partial charge < -0.3 is 5.73 Å². The summed E-state index contributed by atoms with van der Waals surface area (Å²) in [7, 11) is 0. The van der Waals surface area contributed by atoms with Crippen molar-refractivity contribution in [2.75, 3.05) is 6.54 Å². The predicted octanol–water partition coefficient (Wildman–Crippen LogP) is 3.31. The highest BCUT2D eigenvalue weighted by Gasteiger charge is 2.15. The van der Waals surface area contributed by atoms with E-state index in [1.807, 2.05) is 0 Å². The highest BCUT2D eigenvalue weighted by molar-refractivity contribution is 5.50. The van der Waals surface area contributed by atoms with E-state index in [-0.39, 0.29) is 0 Å². The Morgan fingerprint density at radius 1 is 1.05 bits per heavy atom. The van der Waals surface area contributed by atoms with Crippen molar-refractivity contribution in [3.63, 3.8) is 0 Å². The van der Waals surface area contributed by atoms with Crippen molar-refractivity contribution in [3.05, 3.63) is 45.8 Å². The molecule has 1 aromatic carbocycles. The van der Waals surface area contributed by atoms with E-state index in [2.05, 4.69) is 51.4 Å². The first-order valence-corrected chi connectivity index (χ1v) is 7.29. The standard InChI is InChI=1S/C17H25N3/c1-11-9-12(2)17(13(3)10-11)20-15(5)16(7-6-8-18)14(4)19-20/h9-10H,6-8,18H2,1-5H3. The normalized spacial score (nSPS) is 11.1. The number of benzene rings is 1. The Morgan fingerprint density at radius 2 is 1.65 bits per heavy atom. The molecule has 0 fully saturated rings. The third-order valence-electron chi connectivity index (χ3n) is 3.92. The molecule has 0 aliphatic rings. The molecule has 0 unspecified atom stereocenters. The van der Waals surface area contributed by atoms with Gasteiger partial charge in [-0.1, -0.05) is 17.7 Å². The van der Waals surface area contributed by atoms with E-state index in [1.54, 1.807) is 0 Å². The van der Waals surface area contributed by atoms with Crippen LogP contribution < -0.4 is 5.73 Å². The van der Waals surface area contributed by atoms with Gasteiger partial charge in [0.15, 0.2) is 0 Å². The van der Waals surface area contributed by atoms with E-state index in [4.69, 9.17) is 10.8 Å². The lowest BCUT2D eigenvalue weighted by atomic mass is 10.0. The fourth-order valence-corrected chi connectivity index (χ4v) is 3.04. The molecule has 1 heterocycles. The highest BCUT2D eigenvalue weighted by Crippen LogP contribution is 2.25. The summed E-state index contributed by atoms with van der Waals surface area (Å²) in [6.45, 7) is 11.4. The average Bonchev–Trinajstić information content (AvgIpc) is 2.62. The molecule has 0 aliphatic heterocycles. The summed E-state index contributed by atoms with van der Waals surface area (Å²) in [6.07, 6.45) is 2.03. The topological polar surface area (TPSA) is 43.8 Å². The van der Waals surface area contributed by atoms with Crippen LogP contribution in [0.25, 0.3) is 5.69 Å². The molecule has 0 bridgehead atoms. The fraction of sp³-hybridized carbons (Fsp3) is 0.471. The van der Waals surface area contributed by atoms with Crippen LogP contribution >= 0.6 is 0 Å². The van der Waals surface area contributed by atoms with Crippen LogP contribution in [0.2, 0.25) is 0 Å². The van der Waals surface area contributed by atoms with Gasteiger partial charge in [-0.2, -0.15) is 5.10 Å². The van der Waals surface area contributed by atoms with E-state index >= 15 is 0 Å². The molecule has 108 valence electrons. The van der Waals surface area contributed by atoms with Crippen molar-refractivity contribution in [3.8, 4) is 5.69 Å². The quantitative estimate of drug-likeness (QED) is 0.927. The van der Waals surface area contributed by atoms with Gasteiger partial charge in [0, 0.05) is 5.69 Å². The molecule has 20 heavy (non-hydrogen) atoms. The first-order valence-electron chi connectivity index (χ1n) is 7.29. The van der Waals surface area contributed by atoms with Gasteiger partial charge in [0.2, 0.25) is 0 Å². The highest BCUT2D eigenvalue weighted by atomic mass is 15.3. The molecule has 2 aromatic rings. The molecule has 2 rings (SSSR count). The minimum absolute atomic E-state index is 0.729. The van der Waals surface area contributed by atoms with Gasteiger partial charge in [-0.25, -0.2) is 4.68 Å². The maximum atomic E-state index is 5.63. The molecule has 0 aliphatic carbocycles. The second kappa shape index (κ2) is 5.80. The van der Waals surface area contributed by atoms with Gasteiger partial charge in [-0.05, 0) is 70.7 Å². The number of aryl methyl sites for hydroxylation is 4. The number of nitrogens with zero attached hydrogens (tertiary/aromatic N) is 2. The Kier molecular flexibility index (Phi) is 4.29. The number of rotatable bonds is 4. The summed E-state index contributed by atoms with van der Waals surface area (Å²) >= 11 is 0. The first-order chi connectivity index (χ1) is 9.45. The number of aromatic nitrogens is 2. The molecule has 0 spiro atoms. The van der Waals surface area contributed by atoms with Crippen LogP contribution in [0.5, 0.6) is 0 Å². The summed E-state index contributed by atoms with van der Waals surface area (Å²) in [5, 5.41) is 4.76. The van der Waals surface area contributed by atoms with Crippen LogP contribution in [0.4, 0.5) is 0 Å². The number of hydrogen-bond donors (Lipinski definition) is 1. The van der Waals surface area contributed by atoms with Crippen LogP contribution in [0, 0.1) is 34.6 Å². The van der Waals surface area contributed by atoms with Gasteiger partial charge in [0.25, 0.3) is 0 Å². The summed E-state index contributed by atoms with van der Waals surface area (Å²) in [6, 6.07) is 4.44. The Hall–Kier alpha value is -1.61. The monoisotopic (exact) mass is 271 g/mol. The predicted molar refractivity (Wildman–Crippen MR) is 84.6 cm³/mol. The van der Waals surface area contributed by atoms with E-state index in [0.717, 1.165) is 25.1 Å². The average molecular weight is 271 g/mol. The second-order valence-electron chi connectivity index (χ2n) is 5.70. The first kappa shape index (κ1) is 14.8. The molecule has 3 nitrogen and oxygen atoms in total. The molecule has 0 amide bonds. The lowest BCUT2D eigenvalue weighted by Crippen LogP contribution is -2.05. The van der Waals surface area contributed by atoms with Gasteiger partial charge in [-0.15, -0.1) is 0 Å². The van der Waals surface area contributed by atoms with Crippen LogP contribution in [0.15, 0.2) is 12.1 Å². The minimum atomic E-state index is 0.729. The Labute approximate surface area is 121 Å². The van der Waals surface area contributed by atoms with Crippen molar-refractivity contribution in [1.82, 2.24) is 9.78 Å². The summed E-state index contributed by atoms with van der Waals surface area (Å²) in [4.78, 5) is 0. The molecule has 0 radical (unpaired) electrons. The van der Waals surface area contributed by atoms with Crippen LogP contribution in [0.3, 0.4) is 0 Å². The molecular weight excluding hydrogens is 246 g/mol. The van der Waals surface area contributed by atoms with Crippen LogP contribution in [0.1, 0.15) is 40.1 Å². The summed E-state index contributed by atoms with van der Waals surface area (Å²) < 4.78 is 2.10. The second-order valence-corrected chi connectivity index (χ2v) is 5.70. The SMILES string of the molecule is Cc1cc(C)c(-n2nc(C)c(CCCN)c2C)c(C)c1. The van der Waals surface area contributed by atoms with Crippen molar-refractivity contribution in [2.45, 2.75) is 47.5 Å². The summed E-state index contributed by atoms with van der Waals surface area (Å²) in [5.74, 6) is 0. The molecule has 0 saturated heterocycles. The van der Waals surface area contributed by atoms with Crippen LogP contribution in [-0.2, 0) is 6.42 Å². The minimum Gasteiger partial charge on any atom is -0.330 e. The largest absolute Gasteiger partial charge is 0.330 e. The molecule has 2 N–H and O–H groups in total. The number of nitrogens with two attached hydrogens (primary N) is 1. The Bertz CT molecular complexity index is 600. The van der Waals surface area contributed by atoms with E-state index < -0.39 is 0 Å². The maximum Gasteiger partial charge on any atom is 0.0707 e. The summed E-state index contributed by atoms with van der Waals surface area (Å²) in [5.41, 5.74) is 14.4. The number of hydrogen-bond acceptors (Lipinski definition) is 2. The zero-order valence-corrected chi connectivity index (χ0v) is 13.2. The lowest BCUT2D eigenvalue weighted by Gasteiger charge is -2.13. The maximum absolute atomic E-state index is 5.63. The zero-order valence-electron chi connectivity index (χ0n) is 13.2. The van der Waals surface area contributed by atoms with Gasteiger partial charge in [-0.3, -0.25) is 0 Å². The molecule has 3 heteroatoms. The fourth-order valence-electron chi connectivity index (χ4n) is 3.04. The zero-order chi connectivity index (χ0) is 14.9. The molecule has 0 saturated carbocycles. The van der Waals surface area contributed by atoms with E-state index in [0.29, 0.717) is 0 Å². The van der Waals surface area contributed by atoms with E-state index in [1.165, 1.54) is 33.6 Å². The van der Waals surface area contributed by atoms with Gasteiger partial charge in [0.1, 0.15) is 0 Å². The molecular formula is C17H25N3. The molecule has 0 atom stereocenters. The van der Waals surface area contributed by atoms with Gasteiger partial charge in [0.05, 0.1) is 11.4 Å². The van der Waals surface area contributed by atoms with Gasteiger partial charge >= 0.3 is 0 Å². The smallest absolute Gasteiger partial charge is 0.0707 e. The Morgan fingerprint density at radius 3 is 2.20 bits per heavy atom. The third kappa shape index (κ3) is 2.63.